The number of piperazine rings is 1. The second kappa shape index (κ2) is 7.61. The Labute approximate surface area is 164 Å². The predicted octanol–water partition coefficient (Wildman–Crippen LogP) is 3.04. The van der Waals surface area contributed by atoms with E-state index in [4.69, 9.17) is 11.6 Å². The van der Waals surface area contributed by atoms with E-state index in [0.717, 1.165) is 13.1 Å². The Morgan fingerprint density at radius 2 is 1.59 bits per heavy atom. The Morgan fingerprint density at radius 3 is 2.30 bits per heavy atom. The zero-order valence-electron chi connectivity index (χ0n) is 15.1. The molecule has 2 heterocycles. The highest BCUT2D eigenvalue weighted by molar-refractivity contribution is 6.33. The molecule has 0 N–H and O–H groups in total. The first-order valence-electron chi connectivity index (χ1n) is 9.27. The maximum Gasteiger partial charge on any atom is 0.228 e. The van der Waals surface area contributed by atoms with Gasteiger partial charge in [0.25, 0.3) is 0 Å². The molecule has 27 heavy (non-hydrogen) atoms. The second-order valence-corrected chi connectivity index (χ2v) is 7.41. The molecule has 0 aliphatic carbocycles. The van der Waals surface area contributed by atoms with Crippen LogP contribution in [0.15, 0.2) is 54.6 Å². The van der Waals surface area contributed by atoms with Crippen molar-refractivity contribution >= 4 is 34.8 Å². The summed E-state index contributed by atoms with van der Waals surface area (Å²) in [5, 5.41) is 0.537. The van der Waals surface area contributed by atoms with E-state index in [1.165, 1.54) is 5.69 Å². The summed E-state index contributed by atoms with van der Waals surface area (Å²) >= 11 is 6.23. The summed E-state index contributed by atoms with van der Waals surface area (Å²) in [5.74, 6) is -0.257. The highest BCUT2D eigenvalue weighted by atomic mass is 35.5. The molecule has 2 aromatic rings. The number of hydrogen-bond donors (Lipinski definition) is 0. The lowest BCUT2D eigenvalue weighted by Gasteiger charge is -2.37. The number of amides is 2. The van der Waals surface area contributed by atoms with Gasteiger partial charge in [0.05, 0.1) is 16.6 Å². The van der Waals surface area contributed by atoms with Crippen LogP contribution in [0.3, 0.4) is 0 Å². The highest BCUT2D eigenvalue weighted by Crippen LogP contribution is 2.31. The average Bonchev–Trinajstić information content (AvgIpc) is 3.10. The van der Waals surface area contributed by atoms with E-state index < -0.39 is 0 Å². The Morgan fingerprint density at radius 1 is 0.926 bits per heavy atom. The van der Waals surface area contributed by atoms with Gasteiger partial charge in [0.15, 0.2) is 0 Å². The predicted molar refractivity (Wildman–Crippen MR) is 107 cm³/mol. The molecule has 2 aliphatic heterocycles. The summed E-state index contributed by atoms with van der Waals surface area (Å²) in [6.45, 7) is 3.39. The molecule has 2 fully saturated rings. The van der Waals surface area contributed by atoms with Crippen LogP contribution in [-0.4, -0.2) is 49.4 Å². The molecule has 0 bridgehead atoms. The number of halogens is 1. The van der Waals surface area contributed by atoms with E-state index >= 15 is 0 Å². The lowest BCUT2D eigenvalue weighted by Crippen LogP contribution is -2.50. The molecule has 0 aromatic heterocycles. The first-order valence-corrected chi connectivity index (χ1v) is 9.65. The van der Waals surface area contributed by atoms with Crippen molar-refractivity contribution in [1.82, 2.24) is 4.90 Å². The van der Waals surface area contributed by atoms with E-state index in [1.807, 2.05) is 41.3 Å². The zero-order chi connectivity index (χ0) is 18.8. The summed E-state index contributed by atoms with van der Waals surface area (Å²) in [5.41, 5.74) is 1.87. The van der Waals surface area contributed by atoms with Crippen LogP contribution in [0.1, 0.15) is 6.42 Å². The van der Waals surface area contributed by atoms with E-state index in [-0.39, 0.29) is 24.2 Å². The third-order valence-electron chi connectivity index (χ3n) is 5.33. The fourth-order valence-electron chi connectivity index (χ4n) is 3.86. The van der Waals surface area contributed by atoms with Crippen molar-refractivity contribution in [1.29, 1.82) is 0 Å². The smallest absolute Gasteiger partial charge is 0.228 e. The van der Waals surface area contributed by atoms with Crippen molar-refractivity contribution in [2.75, 3.05) is 42.5 Å². The van der Waals surface area contributed by atoms with Crippen LogP contribution in [0, 0.1) is 5.92 Å². The Bertz CT molecular complexity index is 834. The minimum atomic E-state index is -0.294. The number of benzene rings is 2. The summed E-state index contributed by atoms with van der Waals surface area (Å²) < 4.78 is 0. The van der Waals surface area contributed by atoms with Crippen LogP contribution in [0.25, 0.3) is 0 Å². The van der Waals surface area contributed by atoms with E-state index in [0.29, 0.717) is 30.3 Å². The lowest BCUT2D eigenvalue weighted by molar-refractivity contribution is -0.136. The third kappa shape index (κ3) is 3.65. The number of carbonyl (C=O) groups is 2. The van der Waals surface area contributed by atoms with Gasteiger partial charge in [0, 0.05) is 44.8 Å². The fourth-order valence-corrected chi connectivity index (χ4v) is 4.10. The second-order valence-electron chi connectivity index (χ2n) is 7.00. The zero-order valence-corrected chi connectivity index (χ0v) is 15.8. The molecule has 0 saturated carbocycles. The number of carbonyl (C=O) groups excluding carboxylic acids is 2. The first-order chi connectivity index (χ1) is 13.1. The van der Waals surface area contributed by atoms with Gasteiger partial charge in [-0.15, -0.1) is 0 Å². The minimum absolute atomic E-state index is 0.0376. The van der Waals surface area contributed by atoms with Gasteiger partial charge in [-0.2, -0.15) is 0 Å². The number of rotatable bonds is 3. The van der Waals surface area contributed by atoms with Gasteiger partial charge in [-0.3, -0.25) is 9.59 Å². The van der Waals surface area contributed by atoms with Crippen molar-refractivity contribution in [3.8, 4) is 0 Å². The van der Waals surface area contributed by atoms with Crippen LogP contribution in [0.5, 0.6) is 0 Å². The fraction of sp³-hybridized carbons (Fsp3) is 0.333. The summed E-state index contributed by atoms with van der Waals surface area (Å²) in [7, 11) is 0. The van der Waals surface area contributed by atoms with E-state index in [2.05, 4.69) is 17.0 Å². The van der Waals surface area contributed by atoms with E-state index in [9.17, 15) is 9.59 Å². The highest BCUT2D eigenvalue weighted by Gasteiger charge is 2.38. The third-order valence-corrected chi connectivity index (χ3v) is 5.65. The monoisotopic (exact) mass is 383 g/mol. The average molecular weight is 384 g/mol. The maximum atomic E-state index is 12.9. The molecule has 2 amide bonds. The molecule has 2 saturated heterocycles. The number of anilines is 2. The largest absolute Gasteiger partial charge is 0.368 e. The molecule has 4 rings (SSSR count). The molecule has 1 atom stereocenters. The number of para-hydroxylation sites is 2. The van der Waals surface area contributed by atoms with Crippen LogP contribution < -0.4 is 9.80 Å². The molecule has 0 unspecified atom stereocenters. The molecule has 6 heteroatoms. The quantitative estimate of drug-likeness (QED) is 0.818. The minimum Gasteiger partial charge on any atom is -0.368 e. The van der Waals surface area contributed by atoms with Crippen LogP contribution >= 0.6 is 11.6 Å². The van der Waals surface area contributed by atoms with Crippen molar-refractivity contribution < 1.29 is 9.59 Å². The van der Waals surface area contributed by atoms with Gasteiger partial charge in [-0.25, -0.2) is 0 Å². The Balaban J connectivity index is 1.38. The van der Waals surface area contributed by atoms with Crippen LogP contribution in [-0.2, 0) is 9.59 Å². The molecular weight excluding hydrogens is 362 g/mol. The standard InChI is InChI=1S/C21H22ClN3O2/c22-18-8-4-5-9-19(18)25-15-16(14-20(25)26)21(27)24-12-10-23(11-13-24)17-6-2-1-3-7-17/h1-9,16H,10-15H2/t16-/m1/s1. The van der Waals surface area contributed by atoms with Gasteiger partial charge in [-0.05, 0) is 24.3 Å². The van der Waals surface area contributed by atoms with Crippen molar-refractivity contribution in [2.45, 2.75) is 6.42 Å². The topological polar surface area (TPSA) is 43.9 Å². The molecule has 0 spiro atoms. The van der Waals surface area contributed by atoms with Crippen molar-refractivity contribution in [3.63, 3.8) is 0 Å². The maximum absolute atomic E-state index is 12.9. The van der Waals surface area contributed by atoms with Crippen LogP contribution in [0.2, 0.25) is 5.02 Å². The molecule has 2 aliphatic rings. The van der Waals surface area contributed by atoms with Gasteiger partial charge in [-0.1, -0.05) is 41.9 Å². The summed E-state index contributed by atoms with van der Waals surface area (Å²) in [6.07, 6.45) is 0.253. The van der Waals surface area contributed by atoms with Crippen molar-refractivity contribution in [3.05, 3.63) is 59.6 Å². The van der Waals surface area contributed by atoms with Gasteiger partial charge < -0.3 is 14.7 Å². The molecule has 140 valence electrons. The Kier molecular flexibility index (Phi) is 5.03. The van der Waals surface area contributed by atoms with Gasteiger partial charge in [0.2, 0.25) is 11.8 Å². The molecule has 0 radical (unpaired) electrons. The molecular formula is C21H22ClN3O2. The van der Waals surface area contributed by atoms with Gasteiger partial charge >= 0.3 is 0 Å². The van der Waals surface area contributed by atoms with Crippen molar-refractivity contribution in [2.24, 2.45) is 5.92 Å². The summed E-state index contributed by atoms with van der Waals surface area (Å²) in [6, 6.07) is 17.5. The normalized spacial score (nSPS) is 20.3. The molecule has 5 nitrogen and oxygen atoms in total. The first kappa shape index (κ1) is 17.9. The van der Waals surface area contributed by atoms with Gasteiger partial charge in [0.1, 0.15) is 0 Å². The van der Waals surface area contributed by atoms with E-state index in [1.54, 1.807) is 11.0 Å². The summed E-state index contributed by atoms with van der Waals surface area (Å²) in [4.78, 5) is 31.2. The molecule has 2 aromatic carbocycles. The SMILES string of the molecule is O=C([C@@H]1CC(=O)N(c2ccccc2Cl)C1)N1CCN(c2ccccc2)CC1. The van der Waals surface area contributed by atoms with Crippen LogP contribution in [0.4, 0.5) is 11.4 Å². The Hall–Kier alpha value is -2.53. The number of nitrogens with zero attached hydrogens (tertiary/aromatic N) is 3. The number of hydrogen-bond acceptors (Lipinski definition) is 3. The lowest BCUT2D eigenvalue weighted by atomic mass is 10.1.